The molecule has 2 heterocycles. The summed E-state index contributed by atoms with van der Waals surface area (Å²) in [5, 5.41) is 11.6. The molecule has 0 radical (unpaired) electrons. The highest BCUT2D eigenvalue weighted by Crippen LogP contribution is 2.31. The number of nitrogens with zero attached hydrogens (tertiary/aromatic N) is 3. The third kappa shape index (κ3) is 2.36. The lowest BCUT2D eigenvalue weighted by Crippen LogP contribution is -1.91. The van der Waals surface area contributed by atoms with Crippen LogP contribution in [0.15, 0.2) is 35.7 Å². The van der Waals surface area contributed by atoms with Crippen molar-refractivity contribution >= 4 is 33.2 Å². The van der Waals surface area contributed by atoms with Crippen LogP contribution in [0.1, 0.15) is 5.56 Å². The molecular formula is C13H6ClN3OS. The van der Waals surface area contributed by atoms with Crippen LogP contribution in [0.5, 0.6) is 11.6 Å². The zero-order valence-electron chi connectivity index (χ0n) is 9.50. The first-order valence-corrected chi connectivity index (χ1v) is 6.61. The van der Waals surface area contributed by atoms with Gasteiger partial charge in [0.15, 0.2) is 0 Å². The molecule has 4 nitrogen and oxygen atoms in total. The van der Waals surface area contributed by atoms with Gasteiger partial charge in [-0.05, 0) is 47.3 Å². The van der Waals surface area contributed by atoms with E-state index < -0.39 is 0 Å². The van der Waals surface area contributed by atoms with Crippen LogP contribution in [0.2, 0.25) is 5.28 Å². The number of aromatic nitrogens is 2. The average Bonchev–Trinajstić information content (AvgIpc) is 2.88. The standard InChI is InChI=1S/C13H6ClN3OS/c14-13-16-11(10-5-6-19-12(10)17-13)18-9-3-1-8(7-15)2-4-9/h1-6H. The zero-order chi connectivity index (χ0) is 13.2. The van der Waals surface area contributed by atoms with Crippen molar-refractivity contribution in [2.24, 2.45) is 0 Å². The summed E-state index contributed by atoms with van der Waals surface area (Å²) in [6.45, 7) is 0. The van der Waals surface area contributed by atoms with E-state index in [1.54, 1.807) is 24.3 Å². The molecule has 0 N–H and O–H groups in total. The van der Waals surface area contributed by atoms with Crippen LogP contribution in [0.25, 0.3) is 10.2 Å². The first-order valence-electron chi connectivity index (χ1n) is 5.35. The molecule has 0 atom stereocenters. The number of thiophene rings is 1. The second-order valence-electron chi connectivity index (χ2n) is 3.68. The van der Waals surface area contributed by atoms with E-state index in [2.05, 4.69) is 16.0 Å². The zero-order valence-corrected chi connectivity index (χ0v) is 11.1. The quantitative estimate of drug-likeness (QED) is 0.668. The Labute approximate surface area is 117 Å². The van der Waals surface area contributed by atoms with Crippen molar-refractivity contribution < 1.29 is 4.74 Å². The molecule has 1 aromatic carbocycles. The second-order valence-corrected chi connectivity index (χ2v) is 4.91. The number of benzene rings is 1. The molecule has 0 aliphatic carbocycles. The lowest BCUT2D eigenvalue weighted by Gasteiger charge is -2.05. The van der Waals surface area contributed by atoms with Crippen molar-refractivity contribution in [2.75, 3.05) is 0 Å². The van der Waals surface area contributed by atoms with E-state index in [1.807, 2.05) is 11.4 Å². The molecule has 0 aliphatic rings. The van der Waals surface area contributed by atoms with Crippen LogP contribution in [0.3, 0.4) is 0 Å². The van der Waals surface area contributed by atoms with Gasteiger partial charge in [0, 0.05) is 0 Å². The summed E-state index contributed by atoms with van der Waals surface area (Å²) in [6.07, 6.45) is 0. The molecule has 92 valence electrons. The van der Waals surface area contributed by atoms with Gasteiger partial charge in [0.25, 0.3) is 0 Å². The van der Waals surface area contributed by atoms with E-state index in [9.17, 15) is 0 Å². The van der Waals surface area contributed by atoms with E-state index in [0.29, 0.717) is 17.2 Å². The van der Waals surface area contributed by atoms with E-state index in [1.165, 1.54) is 11.3 Å². The molecule has 6 heteroatoms. The Morgan fingerprint density at radius 3 is 2.68 bits per heavy atom. The molecule has 0 saturated heterocycles. The fourth-order valence-electron chi connectivity index (χ4n) is 1.59. The molecular weight excluding hydrogens is 282 g/mol. The van der Waals surface area contributed by atoms with Crippen LogP contribution in [-0.4, -0.2) is 9.97 Å². The van der Waals surface area contributed by atoms with Gasteiger partial charge in [-0.15, -0.1) is 11.3 Å². The van der Waals surface area contributed by atoms with E-state index >= 15 is 0 Å². The molecule has 0 saturated carbocycles. The Morgan fingerprint density at radius 1 is 1.16 bits per heavy atom. The van der Waals surface area contributed by atoms with Gasteiger partial charge >= 0.3 is 0 Å². The summed E-state index contributed by atoms with van der Waals surface area (Å²) < 4.78 is 5.69. The fourth-order valence-corrected chi connectivity index (χ4v) is 2.56. The minimum atomic E-state index is 0.151. The van der Waals surface area contributed by atoms with Gasteiger partial charge in [-0.25, -0.2) is 4.98 Å². The summed E-state index contributed by atoms with van der Waals surface area (Å²) in [5.41, 5.74) is 0.578. The van der Waals surface area contributed by atoms with Gasteiger partial charge in [-0.2, -0.15) is 10.2 Å². The molecule has 0 aliphatic heterocycles. The Balaban J connectivity index is 2.00. The highest BCUT2D eigenvalue weighted by Gasteiger charge is 2.10. The predicted molar refractivity (Wildman–Crippen MR) is 73.7 cm³/mol. The molecule has 0 spiro atoms. The maximum absolute atomic E-state index is 8.74. The lowest BCUT2D eigenvalue weighted by atomic mass is 10.2. The van der Waals surface area contributed by atoms with Gasteiger partial charge in [0.05, 0.1) is 17.0 Å². The normalized spacial score (nSPS) is 10.3. The maximum atomic E-state index is 8.74. The van der Waals surface area contributed by atoms with Crippen LogP contribution >= 0.6 is 22.9 Å². The van der Waals surface area contributed by atoms with E-state index in [4.69, 9.17) is 21.6 Å². The summed E-state index contributed by atoms with van der Waals surface area (Å²) in [6, 6.07) is 10.7. The summed E-state index contributed by atoms with van der Waals surface area (Å²) in [7, 11) is 0. The summed E-state index contributed by atoms with van der Waals surface area (Å²) >= 11 is 7.33. The van der Waals surface area contributed by atoms with Crippen LogP contribution in [-0.2, 0) is 0 Å². The largest absolute Gasteiger partial charge is 0.438 e. The molecule has 0 bridgehead atoms. The number of nitriles is 1. The second kappa shape index (κ2) is 4.84. The van der Waals surface area contributed by atoms with Gasteiger partial charge in [-0.3, -0.25) is 0 Å². The maximum Gasteiger partial charge on any atom is 0.232 e. The first-order chi connectivity index (χ1) is 9.26. The number of hydrogen-bond donors (Lipinski definition) is 0. The molecule has 3 rings (SSSR count). The number of ether oxygens (including phenoxy) is 1. The van der Waals surface area contributed by atoms with Crippen molar-refractivity contribution in [3.05, 3.63) is 46.6 Å². The lowest BCUT2D eigenvalue weighted by molar-refractivity contribution is 0.468. The number of hydrogen-bond acceptors (Lipinski definition) is 5. The number of fused-ring (bicyclic) bond motifs is 1. The third-order valence-electron chi connectivity index (χ3n) is 2.46. The molecule has 2 aromatic heterocycles. The van der Waals surface area contributed by atoms with Crippen molar-refractivity contribution in [1.29, 1.82) is 5.26 Å². The van der Waals surface area contributed by atoms with Crippen molar-refractivity contribution in [1.82, 2.24) is 9.97 Å². The number of rotatable bonds is 2. The van der Waals surface area contributed by atoms with Crippen LogP contribution in [0.4, 0.5) is 0 Å². The molecule has 0 unspecified atom stereocenters. The third-order valence-corrected chi connectivity index (χ3v) is 3.44. The predicted octanol–water partition coefficient (Wildman–Crippen LogP) is 4.01. The Hall–Kier alpha value is -2.16. The average molecular weight is 288 g/mol. The van der Waals surface area contributed by atoms with Crippen LogP contribution in [0, 0.1) is 11.3 Å². The van der Waals surface area contributed by atoms with Gasteiger partial charge < -0.3 is 4.74 Å². The van der Waals surface area contributed by atoms with Gasteiger partial charge in [0.2, 0.25) is 11.2 Å². The molecule has 0 amide bonds. The summed E-state index contributed by atoms with van der Waals surface area (Å²) in [5.74, 6) is 1.02. The number of halogens is 1. The van der Waals surface area contributed by atoms with Crippen LogP contribution < -0.4 is 4.74 Å². The van der Waals surface area contributed by atoms with Crippen molar-refractivity contribution in [2.45, 2.75) is 0 Å². The van der Waals surface area contributed by atoms with Gasteiger partial charge in [0.1, 0.15) is 10.6 Å². The monoisotopic (exact) mass is 287 g/mol. The van der Waals surface area contributed by atoms with Crippen molar-refractivity contribution in [3.8, 4) is 17.7 Å². The minimum Gasteiger partial charge on any atom is -0.438 e. The van der Waals surface area contributed by atoms with E-state index in [0.717, 1.165) is 10.2 Å². The highest BCUT2D eigenvalue weighted by atomic mass is 35.5. The smallest absolute Gasteiger partial charge is 0.232 e. The first kappa shape index (κ1) is 11.9. The molecule has 3 aromatic rings. The minimum absolute atomic E-state index is 0.151. The topological polar surface area (TPSA) is 58.8 Å². The van der Waals surface area contributed by atoms with E-state index in [-0.39, 0.29) is 5.28 Å². The Bertz CT molecular complexity index is 777. The SMILES string of the molecule is N#Cc1ccc(Oc2nc(Cl)nc3sccc23)cc1. The molecule has 0 fully saturated rings. The fraction of sp³-hybridized carbons (Fsp3) is 0. The van der Waals surface area contributed by atoms with Gasteiger partial charge in [-0.1, -0.05) is 0 Å². The molecule has 19 heavy (non-hydrogen) atoms. The van der Waals surface area contributed by atoms with Crippen molar-refractivity contribution in [3.63, 3.8) is 0 Å². The summed E-state index contributed by atoms with van der Waals surface area (Å²) in [4.78, 5) is 8.98. The Morgan fingerprint density at radius 2 is 1.95 bits per heavy atom. The highest BCUT2D eigenvalue weighted by molar-refractivity contribution is 7.16. The Kier molecular flexibility index (Phi) is 3.03.